The fourth-order valence-corrected chi connectivity index (χ4v) is 3.22. The van der Waals surface area contributed by atoms with Crippen molar-refractivity contribution in [2.45, 2.75) is 29.3 Å². The lowest BCUT2D eigenvalue weighted by atomic mass is 10.4. The van der Waals surface area contributed by atoms with Crippen LogP contribution >= 0.6 is 22.6 Å². The highest BCUT2D eigenvalue weighted by molar-refractivity contribution is 14.1. The van der Waals surface area contributed by atoms with Crippen molar-refractivity contribution >= 4 is 38.6 Å². The third kappa shape index (κ3) is 4.14. The van der Waals surface area contributed by atoms with Crippen LogP contribution in [0.3, 0.4) is 0 Å². The Morgan fingerprint density at radius 2 is 2.26 bits per heavy atom. The second-order valence-electron chi connectivity index (χ2n) is 3.75. The van der Waals surface area contributed by atoms with Gasteiger partial charge in [0.15, 0.2) is 5.03 Å². The Balaban J connectivity index is 2.78. The molecule has 0 aliphatic rings. The summed E-state index contributed by atoms with van der Waals surface area (Å²) in [6, 6.07) is 0. The summed E-state index contributed by atoms with van der Waals surface area (Å²) in [7, 11) is -2.44. The average molecular weight is 401 g/mol. The largest absolute Gasteiger partial charge is 0.468 e. The minimum Gasteiger partial charge on any atom is -0.468 e. The minimum absolute atomic E-state index is 0.0341. The number of imidazole rings is 1. The lowest BCUT2D eigenvalue weighted by Gasteiger charge is -2.08. The second kappa shape index (κ2) is 6.66. The van der Waals surface area contributed by atoms with E-state index < -0.39 is 19.9 Å². The van der Waals surface area contributed by atoms with Gasteiger partial charge in [-0.3, -0.25) is 4.79 Å². The van der Waals surface area contributed by atoms with E-state index in [1.165, 1.54) is 13.3 Å². The molecular formula is C10H16IN3O4S. The molecule has 0 fully saturated rings. The molecule has 1 N–H and O–H groups in total. The maximum absolute atomic E-state index is 12.0. The number of carbonyl (C=O) groups is 1. The molecule has 1 heterocycles. The Bertz CT molecular complexity index is 555. The summed E-state index contributed by atoms with van der Waals surface area (Å²) in [5.74, 6) is 0.153. The van der Waals surface area contributed by atoms with E-state index in [0.717, 1.165) is 0 Å². The van der Waals surface area contributed by atoms with Crippen LogP contribution in [0.4, 0.5) is 0 Å². The molecule has 108 valence electrons. The zero-order valence-corrected chi connectivity index (χ0v) is 13.9. The van der Waals surface area contributed by atoms with Gasteiger partial charge in [-0.1, -0.05) is 22.6 Å². The third-order valence-corrected chi connectivity index (χ3v) is 4.72. The van der Waals surface area contributed by atoms with Crippen LogP contribution in [0, 0.1) is 6.92 Å². The van der Waals surface area contributed by atoms with Crippen molar-refractivity contribution in [1.82, 2.24) is 14.3 Å². The van der Waals surface area contributed by atoms with Gasteiger partial charge < -0.3 is 9.30 Å². The number of hydrogen-bond acceptors (Lipinski definition) is 5. The van der Waals surface area contributed by atoms with Crippen LogP contribution in [0.25, 0.3) is 0 Å². The molecule has 7 nitrogen and oxygen atoms in total. The quantitative estimate of drug-likeness (QED) is 0.425. The van der Waals surface area contributed by atoms with E-state index in [-0.39, 0.29) is 11.6 Å². The lowest BCUT2D eigenvalue weighted by Crippen LogP contribution is -2.34. The molecule has 1 atom stereocenters. The van der Waals surface area contributed by atoms with Crippen molar-refractivity contribution < 1.29 is 17.9 Å². The number of carbonyl (C=O) groups excluding carboxylic acids is 1. The Morgan fingerprint density at radius 3 is 2.74 bits per heavy atom. The van der Waals surface area contributed by atoms with Crippen LogP contribution in [0.1, 0.15) is 12.7 Å². The first-order valence-electron chi connectivity index (χ1n) is 5.57. The standard InChI is InChI=1S/C10H16IN3O4S/c1-4-14-6-9(13-7(14)2)19(16,17)12-5-8(11)10(15)18-3/h6,8,12H,4-5H2,1-3H3. The molecule has 1 aromatic rings. The molecule has 0 bridgehead atoms. The van der Waals surface area contributed by atoms with Crippen LogP contribution in [0.5, 0.6) is 0 Å². The van der Waals surface area contributed by atoms with Gasteiger partial charge in [0.25, 0.3) is 10.0 Å². The Hall–Kier alpha value is -0.680. The van der Waals surface area contributed by atoms with Gasteiger partial charge in [-0.05, 0) is 13.8 Å². The molecule has 0 aromatic carbocycles. The molecule has 9 heteroatoms. The van der Waals surface area contributed by atoms with Gasteiger partial charge >= 0.3 is 5.97 Å². The topological polar surface area (TPSA) is 90.3 Å². The van der Waals surface area contributed by atoms with Gasteiger partial charge in [-0.25, -0.2) is 18.1 Å². The fourth-order valence-electron chi connectivity index (χ4n) is 1.40. The summed E-state index contributed by atoms with van der Waals surface area (Å²) in [5, 5.41) is -0.0414. The molecule has 1 unspecified atom stereocenters. The number of aryl methyl sites for hydroxylation is 2. The number of ether oxygens (including phenoxy) is 1. The van der Waals surface area contributed by atoms with Crippen molar-refractivity contribution in [1.29, 1.82) is 0 Å². The zero-order valence-electron chi connectivity index (χ0n) is 10.9. The molecule has 0 aliphatic carbocycles. The van der Waals surface area contributed by atoms with Crippen LogP contribution in [-0.4, -0.2) is 41.5 Å². The number of rotatable bonds is 6. The number of hydrogen-bond donors (Lipinski definition) is 1. The number of nitrogens with one attached hydrogen (secondary N) is 1. The number of methoxy groups -OCH3 is 1. The molecular weight excluding hydrogens is 385 g/mol. The van der Waals surface area contributed by atoms with E-state index in [1.54, 1.807) is 11.5 Å². The molecule has 0 saturated heterocycles. The van der Waals surface area contributed by atoms with Gasteiger partial charge in [0.05, 0.1) is 7.11 Å². The van der Waals surface area contributed by atoms with Gasteiger partial charge in [0.2, 0.25) is 0 Å². The van der Waals surface area contributed by atoms with Crippen LogP contribution in [0.2, 0.25) is 0 Å². The summed E-state index contributed by atoms with van der Waals surface area (Å²) in [6.07, 6.45) is 1.47. The van der Waals surface area contributed by atoms with E-state index in [9.17, 15) is 13.2 Å². The third-order valence-electron chi connectivity index (χ3n) is 2.48. The summed E-state index contributed by atoms with van der Waals surface area (Å²) in [6.45, 7) is 4.24. The highest BCUT2D eigenvalue weighted by Crippen LogP contribution is 2.10. The smallest absolute Gasteiger partial charge is 0.319 e. The number of halogens is 1. The first-order valence-corrected chi connectivity index (χ1v) is 8.30. The van der Waals surface area contributed by atoms with Crippen molar-refractivity contribution in [3.05, 3.63) is 12.0 Å². The molecule has 0 spiro atoms. The molecule has 19 heavy (non-hydrogen) atoms. The highest BCUT2D eigenvalue weighted by atomic mass is 127. The summed E-state index contributed by atoms with van der Waals surface area (Å²) >= 11 is 1.82. The monoisotopic (exact) mass is 401 g/mol. The van der Waals surface area contributed by atoms with Crippen molar-refractivity contribution in [2.24, 2.45) is 0 Å². The Morgan fingerprint density at radius 1 is 1.63 bits per heavy atom. The van der Waals surface area contributed by atoms with E-state index >= 15 is 0 Å². The summed E-state index contributed by atoms with van der Waals surface area (Å²) < 4.78 is 32.0. The van der Waals surface area contributed by atoms with Crippen LogP contribution in [-0.2, 0) is 26.1 Å². The van der Waals surface area contributed by atoms with Gasteiger partial charge in [-0.2, -0.15) is 0 Å². The molecule has 0 aliphatic heterocycles. The maximum Gasteiger partial charge on any atom is 0.319 e. The molecule has 1 rings (SSSR count). The Kier molecular flexibility index (Phi) is 5.74. The maximum atomic E-state index is 12.0. The van der Waals surface area contributed by atoms with Gasteiger partial charge in [0, 0.05) is 19.3 Å². The van der Waals surface area contributed by atoms with E-state index in [1.807, 2.05) is 29.5 Å². The SMILES string of the molecule is CCn1cc(S(=O)(=O)NCC(I)C(=O)OC)nc1C. The van der Waals surface area contributed by atoms with Gasteiger partial charge in [-0.15, -0.1) is 0 Å². The van der Waals surface area contributed by atoms with Gasteiger partial charge in [0.1, 0.15) is 9.75 Å². The molecule has 1 aromatic heterocycles. The zero-order chi connectivity index (χ0) is 14.6. The summed E-state index contributed by atoms with van der Waals surface area (Å²) in [5.41, 5.74) is 0. The Labute approximate surface area is 125 Å². The van der Waals surface area contributed by atoms with Crippen molar-refractivity contribution in [2.75, 3.05) is 13.7 Å². The average Bonchev–Trinajstić information content (AvgIpc) is 2.77. The lowest BCUT2D eigenvalue weighted by molar-refractivity contribution is -0.139. The normalized spacial score (nSPS) is 13.3. The van der Waals surface area contributed by atoms with Crippen LogP contribution < -0.4 is 4.72 Å². The van der Waals surface area contributed by atoms with E-state index in [2.05, 4.69) is 14.4 Å². The highest BCUT2D eigenvalue weighted by Gasteiger charge is 2.22. The number of esters is 1. The predicted octanol–water partition coefficient (Wildman–Crippen LogP) is 0.466. The minimum atomic E-state index is -3.70. The van der Waals surface area contributed by atoms with Crippen LogP contribution in [0.15, 0.2) is 11.2 Å². The number of aromatic nitrogens is 2. The molecule has 0 saturated carbocycles. The number of sulfonamides is 1. The first kappa shape index (κ1) is 16.4. The van der Waals surface area contributed by atoms with Crippen molar-refractivity contribution in [3.8, 4) is 0 Å². The number of nitrogens with zero attached hydrogens (tertiary/aromatic N) is 2. The summed E-state index contributed by atoms with van der Waals surface area (Å²) in [4.78, 5) is 15.2. The molecule has 0 amide bonds. The molecule has 0 radical (unpaired) electrons. The first-order chi connectivity index (χ1) is 8.81. The van der Waals surface area contributed by atoms with Crippen molar-refractivity contribution in [3.63, 3.8) is 0 Å². The fraction of sp³-hybridized carbons (Fsp3) is 0.600. The number of alkyl halides is 1. The van der Waals surface area contributed by atoms with E-state index in [4.69, 9.17) is 0 Å². The second-order valence-corrected chi connectivity index (χ2v) is 6.97. The predicted molar refractivity (Wildman–Crippen MR) is 77.7 cm³/mol. The van der Waals surface area contributed by atoms with E-state index in [0.29, 0.717) is 12.4 Å².